The van der Waals surface area contributed by atoms with E-state index in [4.69, 9.17) is 4.52 Å². The zero-order valence-corrected chi connectivity index (χ0v) is 13.0. The van der Waals surface area contributed by atoms with Gasteiger partial charge in [-0.05, 0) is 51.6 Å². The molecule has 3 rings (SSSR count). The molecule has 1 amide bonds. The van der Waals surface area contributed by atoms with Crippen molar-refractivity contribution < 1.29 is 9.32 Å². The Bertz CT molecular complexity index is 487. The van der Waals surface area contributed by atoms with E-state index in [0.717, 1.165) is 63.3 Å². The molecule has 0 radical (unpaired) electrons. The zero-order chi connectivity index (χ0) is 14.8. The Morgan fingerprint density at radius 3 is 2.67 bits per heavy atom. The summed E-state index contributed by atoms with van der Waals surface area (Å²) in [4.78, 5) is 16.4. The van der Waals surface area contributed by atoms with Crippen LogP contribution in [0.15, 0.2) is 10.6 Å². The van der Waals surface area contributed by atoms with Crippen LogP contribution in [0.2, 0.25) is 0 Å². The topological polar surface area (TPSA) is 49.6 Å². The number of amides is 1. The quantitative estimate of drug-likeness (QED) is 0.833. The molecule has 0 N–H and O–H groups in total. The smallest absolute Gasteiger partial charge is 0.225 e. The van der Waals surface area contributed by atoms with Crippen LogP contribution >= 0.6 is 0 Å². The van der Waals surface area contributed by atoms with Gasteiger partial charge in [0.15, 0.2) is 5.76 Å². The van der Waals surface area contributed by atoms with Gasteiger partial charge in [-0.15, -0.1) is 0 Å². The first-order chi connectivity index (χ1) is 10.1. The van der Waals surface area contributed by atoms with E-state index in [1.165, 1.54) is 0 Å². The van der Waals surface area contributed by atoms with Crippen molar-refractivity contribution in [1.29, 1.82) is 0 Å². The highest BCUT2D eigenvalue weighted by molar-refractivity contribution is 5.80. The Morgan fingerprint density at radius 1 is 1.38 bits per heavy atom. The summed E-state index contributed by atoms with van der Waals surface area (Å²) in [6.45, 7) is 5.88. The highest BCUT2D eigenvalue weighted by Crippen LogP contribution is 2.31. The summed E-state index contributed by atoms with van der Waals surface area (Å²) in [7, 11) is 1.96. The van der Waals surface area contributed by atoms with E-state index in [-0.39, 0.29) is 0 Å². The van der Waals surface area contributed by atoms with Crippen LogP contribution < -0.4 is 0 Å². The van der Waals surface area contributed by atoms with Crippen molar-refractivity contribution in [2.75, 3.05) is 26.7 Å². The van der Waals surface area contributed by atoms with E-state index < -0.39 is 0 Å². The Kier molecular flexibility index (Phi) is 4.29. The van der Waals surface area contributed by atoms with Gasteiger partial charge in [0.2, 0.25) is 5.91 Å². The fraction of sp³-hybridized carbons (Fsp3) is 0.750. The standard InChI is InChI=1S/C16H25N3O2/c1-12-9-15(21-17-12)11-19-7-5-13(6-8-19)10-18(2)16(20)14-3-4-14/h9,13-14H,3-8,10-11H2,1-2H3. The molecule has 5 heteroatoms. The van der Waals surface area contributed by atoms with E-state index in [2.05, 4.69) is 10.1 Å². The first-order valence-corrected chi connectivity index (χ1v) is 8.01. The van der Waals surface area contributed by atoms with Gasteiger partial charge in [-0.2, -0.15) is 0 Å². The van der Waals surface area contributed by atoms with Gasteiger partial charge >= 0.3 is 0 Å². The van der Waals surface area contributed by atoms with Crippen molar-refractivity contribution in [3.63, 3.8) is 0 Å². The second-order valence-electron chi connectivity index (χ2n) is 6.65. The predicted octanol–water partition coefficient (Wildman–Crippen LogP) is 2.06. The monoisotopic (exact) mass is 291 g/mol. The number of piperidine rings is 1. The molecule has 0 aromatic carbocycles. The van der Waals surface area contributed by atoms with Crippen LogP contribution in [0.25, 0.3) is 0 Å². The molecule has 5 nitrogen and oxygen atoms in total. The molecule has 0 spiro atoms. The molecular formula is C16H25N3O2. The van der Waals surface area contributed by atoms with Gasteiger partial charge in [0.05, 0.1) is 12.2 Å². The third-order valence-electron chi connectivity index (χ3n) is 4.60. The fourth-order valence-electron chi connectivity index (χ4n) is 3.16. The number of carbonyl (C=O) groups is 1. The van der Waals surface area contributed by atoms with Gasteiger partial charge in [-0.25, -0.2) is 0 Å². The maximum Gasteiger partial charge on any atom is 0.225 e. The largest absolute Gasteiger partial charge is 0.360 e. The number of aryl methyl sites for hydroxylation is 1. The summed E-state index contributed by atoms with van der Waals surface area (Å²) in [5.41, 5.74) is 0.945. The van der Waals surface area contributed by atoms with Gasteiger partial charge < -0.3 is 9.42 Å². The van der Waals surface area contributed by atoms with E-state index in [1.54, 1.807) is 0 Å². The molecule has 1 saturated heterocycles. The van der Waals surface area contributed by atoms with E-state index in [9.17, 15) is 4.79 Å². The van der Waals surface area contributed by atoms with Crippen molar-refractivity contribution in [2.45, 2.75) is 39.2 Å². The molecule has 21 heavy (non-hydrogen) atoms. The average molecular weight is 291 g/mol. The van der Waals surface area contributed by atoms with E-state index in [1.807, 2.05) is 24.9 Å². The van der Waals surface area contributed by atoms with Crippen LogP contribution in [0.4, 0.5) is 0 Å². The normalized spacial score (nSPS) is 20.7. The summed E-state index contributed by atoms with van der Waals surface area (Å²) < 4.78 is 5.28. The van der Waals surface area contributed by atoms with Crippen LogP contribution in [-0.2, 0) is 11.3 Å². The van der Waals surface area contributed by atoms with Crippen LogP contribution in [0, 0.1) is 18.8 Å². The minimum absolute atomic E-state index is 0.338. The lowest BCUT2D eigenvalue weighted by atomic mass is 9.96. The molecule has 1 saturated carbocycles. The molecule has 2 heterocycles. The molecule has 0 bridgehead atoms. The third kappa shape index (κ3) is 3.84. The van der Waals surface area contributed by atoms with Gasteiger partial charge in [0.25, 0.3) is 0 Å². The Hall–Kier alpha value is -1.36. The lowest BCUT2D eigenvalue weighted by molar-refractivity contribution is -0.132. The molecule has 116 valence electrons. The van der Waals surface area contributed by atoms with Crippen LogP contribution in [0.3, 0.4) is 0 Å². The number of nitrogens with zero attached hydrogens (tertiary/aromatic N) is 3. The molecule has 0 unspecified atom stereocenters. The molecule has 1 aliphatic carbocycles. The maximum absolute atomic E-state index is 12.0. The predicted molar refractivity (Wildman–Crippen MR) is 79.6 cm³/mol. The van der Waals surface area contributed by atoms with Gasteiger partial charge in [-0.1, -0.05) is 5.16 Å². The second-order valence-corrected chi connectivity index (χ2v) is 6.65. The molecule has 1 aromatic rings. The van der Waals surface area contributed by atoms with Crippen LogP contribution in [0.5, 0.6) is 0 Å². The summed E-state index contributed by atoms with van der Waals surface area (Å²) >= 11 is 0. The molecular weight excluding hydrogens is 266 g/mol. The number of likely N-dealkylation sites (tertiary alicyclic amines) is 1. The number of aromatic nitrogens is 1. The van der Waals surface area contributed by atoms with Gasteiger partial charge in [0, 0.05) is 25.6 Å². The maximum atomic E-state index is 12.0. The highest BCUT2D eigenvalue weighted by Gasteiger charge is 2.33. The Balaban J connectivity index is 1.41. The van der Waals surface area contributed by atoms with Crippen LogP contribution in [-0.4, -0.2) is 47.5 Å². The third-order valence-corrected chi connectivity index (χ3v) is 4.60. The number of carbonyl (C=O) groups excluding carboxylic acids is 1. The first-order valence-electron chi connectivity index (χ1n) is 8.01. The zero-order valence-electron chi connectivity index (χ0n) is 13.0. The van der Waals surface area contributed by atoms with Crippen molar-refractivity contribution in [3.8, 4) is 0 Å². The first kappa shape index (κ1) is 14.6. The van der Waals surface area contributed by atoms with Crippen LogP contribution in [0.1, 0.15) is 37.1 Å². The minimum atomic E-state index is 0.338. The SMILES string of the molecule is Cc1cc(CN2CCC(CN(C)C(=O)C3CC3)CC2)on1. The van der Waals surface area contributed by atoms with E-state index >= 15 is 0 Å². The van der Waals surface area contributed by atoms with Crippen molar-refractivity contribution in [2.24, 2.45) is 11.8 Å². The lowest BCUT2D eigenvalue weighted by Gasteiger charge is -2.33. The minimum Gasteiger partial charge on any atom is -0.360 e. The molecule has 2 aliphatic rings. The van der Waals surface area contributed by atoms with Crippen molar-refractivity contribution in [1.82, 2.24) is 15.0 Å². The van der Waals surface area contributed by atoms with Gasteiger partial charge in [0.1, 0.15) is 0 Å². The summed E-state index contributed by atoms with van der Waals surface area (Å²) in [5.74, 6) is 2.29. The Labute approximate surface area is 126 Å². The molecule has 1 aromatic heterocycles. The summed E-state index contributed by atoms with van der Waals surface area (Å²) in [6, 6.07) is 2.01. The lowest BCUT2D eigenvalue weighted by Crippen LogP contribution is -2.39. The average Bonchev–Trinajstić information content (AvgIpc) is 3.24. The number of hydrogen-bond acceptors (Lipinski definition) is 4. The second kappa shape index (κ2) is 6.18. The summed E-state index contributed by atoms with van der Waals surface area (Å²) in [6.07, 6.45) is 4.52. The number of hydrogen-bond donors (Lipinski definition) is 0. The van der Waals surface area contributed by atoms with Gasteiger partial charge in [-0.3, -0.25) is 9.69 Å². The molecule has 1 aliphatic heterocycles. The van der Waals surface area contributed by atoms with E-state index in [0.29, 0.717) is 17.7 Å². The number of rotatable bonds is 5. The fourth-order valence-corrected chi connectivity index (χ4v) is 3.16. The van der Waals surface area contributed by atoms with Crippen molar-refractivity contribution in [3.05, 3.63) is 17.5 Å². The molecule has 0 atom stereocenters. The molecule has 2 fully saturated rings. The highest BCUT2D eigenvalue weighted by atomic mass is 16.5. The summed E-state index contributed by atoms with van der Waals surface area (Å²) in [5, 5.41) is 3.93. The Morgan fingerprint density at radius 2 is 2.10 bits per heavy atom. The van der Waals surface area contributed by atoms with Crippen molar-refractivity contribution >= 4 is 5.91 Å².